The van der Waals surface area contributed by atoms with Gasteiger partial charge in [0.2, 0.25) is 5.78 Å². The molecule has 0 saturated carbocycles. The van der Waals surface area contributed by atoms with E-state index in [1.165, 1.54) is 42.8 Å². The number of thiazole rings is 1. The topological polar surface area (TPSA) is 106 Å². The van der Waals surface area contributed by atoms with Crippen LogP contribution in [0.1, 0.15) is 26.6 Å². The van der Waals surface area contributed by atoms with Gasteiger partial charge in [-0.15, -0.1) is 24.5 Å². The minimum absolute atomic E-state index is 0.0199. The minimum Gasteiger partial charge on any atom is -0.406 e. The summed E-state index contributed by atoms with van der Waals surface area (Å²) in [5.41, 5.74) is 0.202. The lowest BCUT2D eigenvalue weighted by Gasteiger charge is -2.09. The molecule has 0 saturated heterocycles. The molecule has 12 heteroatoms. The molecule has 0 aliphatic carbocycles. The first kappa shape index (κ1) is 21.0. The highest BCUT2D eigenvalue weighted by atomic mass is 32.1. The Kier molecular flexibility index (Phi) is 6.16. The number of alkyl halides is 3. The number of benzene rings is 1. The number of ketones is 1. The quantitative estimate of drug-likeness (QED) is 0.416. The number of nitrogens with one attached hydrogen (secondary N) is 2. The van der Waals surface area contributed by atoms with Crippen LogP contribution in [0, 0.1) is 6.92 Å². The Balaban J connectivity index is 1.65. The largest absolute Gasteiger partial charge is 0.573 e. The molecule has 0 fully saturated rings. The predicted octanol–water partition coefficient (Wildman–Crippen LogP) is 4.40. The molecule has 156 valence electrons. The second kappa shape index (κ2) is 8.78. The molecule has 0 bridgehead atoms. The van der Waals surface area contributed by atoms with Crippen LogP contribution >= 0.6 is 11.3 Å². The summed E-state index contributed by atoms with van der Waals surface area (Å²) in [6, 6.07) is 4.91. The monoisotopic (exact) mass is 438 g/mol. The van der Waals surface area contributed by atoms with Gasteiger partial charge in [-0.3, -0.25) is 14.9 Å². The Morgan fingerprint density at radius 3 is 2.60 bits per heavy atom. The molecule has 3 rings (SSSR count). The average molecular weight is 438 g/mol. The summed E-state index contributed by atoms with van der Waals surface area (Å²) in [5, 5.41) is 10.9. The fourth-order valence-corrected chi connectivity index (χ4v) is 2.82. The second-order valence-corrected chi connectivity index (χ2v) is 6.56. The highest BCUT2D eigenvalue weighted by molar-refractivity contribution is 7.13. The van der Waals surface area contributed by atoms with Crippen molar-refractivity contribution in [2.45, 2.75) is 13.3 Å². The molecule has 30 heavy (non-hydrogen) atoms. The molecule has 0 aliphatic rings. The van der Waals surface area contributed by atoms with Gasteiger partial charge in [-0.05, 0) is 31.2 Å². The first-order chi connectivity index (χ1) is 14.2. The van der Waals surface area contributed by atoms with Crippen molar-refractivity contribution in [3.8, 4) is 5.75 Å². The number of allylic oxidation sites excluding steroid dienone is 1. The molecule has 8 nitrogen and oxygen atoms in total. The molecule has 2 aromatic heterocycles. The minimum atomic E-state index is -4.78. The molecular weight excluding hydrogens is 425 g/mol. The number of rotatable bonds is 7. The fourth-order valence-electron chi connectivity index (χ4n) is 2.30. The van der Waals surface area contributed by atoms with Crippen LogP contribution in [0.4, 0.5) is 24.0 Å². The normalized spacial score (nSPS) is 11.5. The molecule has 0 spiro atoms. The standard InChI is InChI=1S/C18H13F3N4O4S/c1-10-14(16(27)24-17-23-8-9-30-17)15(25-29-10)13(26)6-7-22-11-2-4-12(5-3-11)28-18(19,20)21/h2-9,22H,1H3,(H,23,24,27). The van der Waals surface area contributed by atoms with Gasteiger partial charge in [-0.25, -0.2) is 4.98 Å². The molecule has 2 heterocycles. The maximum Gasteiger partial charge on any atom is 0.573 e. The van der Waals surface area contributed by atoms with E-state index < -0.39 is 18.1 Å². The third-order valence-corrected chi connectivity index (χ3v) is 4.24. The van der Waals surface area contributed by atoms with E-state index in [1.807, 2.05) is 0 Å². The Labute approximate surface area is 171 Å². The summed E-state index contributed by atoms with van der Waals surface area (Å²) in [6.45, 7) is 1.49. The first-order valence-electron chi connectivity index (χ1n) is 8.23. The van der Waals surface area contributed by atoms with Crippen molar-refractivity contribution in [1.29, 1.82) is 0 Å². The van der Waals surface area contributed by atoms with E-state index >= 15 is 0 Å². The van der Waals surface area contributed by atoms with Crippen molar-refractivity contribution in [2.75, 3.05) is 10.6 Å². The number of nitrogens with zero attached hydrogens (tertiary/aromatic N) is 2. The average Bonchev–Trinajstić information content (AvgIpc) is 3.31. The number of aryl methyl sites for hydroxylation is 1. The Morgan fingerprint density at radius 2 is 1.97 bits per heavy atom. The SMILES string of the molecule is Cc1onc(C(=O)C=CNc2ccc(OC(F)(F)F)cc2)c1C(=O)Nc1nccs1. The van der Waals surface area contributed by atoms with Crippen LogP contribution in [-0.2, 0) is 0 Å². The van der Waals surface area contributed by atoms with Gasteiger partial charge in [-0.1, -0.05) is 5.16 Å². The van der Waals surface area contributed by atoms with Crippen LogP contribution in [0.3, 0.4) is 0 Å². The third-order valence-electron chi connectivity index (χ3n) is 3.55. The van der Waals surface area contributed by atoms with Crippen LogP contribution in [0.2, 0.25) is 0 Å². The zero-order chi connectivity index (χ0) is 21.7. The van der Waals surface area contributed by atoms with Gasteiger partial charge in [-0.2, -0.15) is 0 Å². The van der Waals surface area contributed by atoms with Crippen molar-refractivity contribution in [1.82, 2.24) is 10.1 Å². The molecule has 0 aliphatic heterocycles. The number of hydrogen-bond donors (Lipinski definition) is 2. The lowest BCUT2D eigenvalue weighted by atomic mass is 10.1. The lowest BCUT2D eigenvalue weighted by molar-refractivity contribution is -0.274. The van der Waals surface area contributed by atoms with Crippen molar-refractivity contribution in [3.05, 3.63) is 65.1 Å². The van der Waals surface area contributed by atoms with Gasteiger partial charge < -0.3 is 14.6 Å². The first-order valence-corrected chi connectivity index (χ1v) is 9.11. The lowest BCUT2D eigenvalue weighted by Crippen LogP contribution is -2.17. The Bertz CT molecular complexity index is 1060. The highest BCUT2D eigenvalue weighted by Crippen LogP contribution is 2.24. The van der Waals surface area contributed by atoms with Gasteiger partial charge >= 0.3 is 6.36 Å². The van der Waals surface area contributed by atoms with Crippen LogP contribution in [-0.4, -0.2) is 28.2 Å². The van der Waals surface area contributed by atoms with Crippen molar-refractivity contribution >= 4 is 33.8 Å². The van der Waals surface area contributed by atoms with E-state index in [2.05, 4.69) is 25.5 Å². The molecule has 2 N–H and O–H groups in total. The number of amides is 1. The Hall–Kier alpha value is -3.67. The van der Waals surface area contributed by atoms with E-state index in [0.29, 0.717) is 10.8 Å². The van der Waals surface area contributed by atoms with Crippen LogP contribution in [0.25, 0.3) is 0 Å². The van der Waals surface area contributed by atoms with Crippen LogP contribution < -0.4 is 15.4 Å². The van der Waals surface area contributed by atoms with Gasteiger partial charge in [0.15, 0.2) is 10.8 Å². The molecule has 1 amide bonds. The molecule has 0 unspecified atom stereocenters. The summed E-state index contributed by atoms with van der Waals surface area (Å²) in [5.74, 6) is -1.41. The van der Waals surface area contributed by atoms with Crippen LogP contribution in [0.15, 0.2) is 52.6 Å². The van der Waals surface area contributed by atoms with Gasteiger partial charge in [0.1, 0.15) is 17.1 Å². The number of halogens is 3. The molecular formula is C18H13F3N4O4S. The van der Waals surface area contributed by atoms with Gasteiger partial charge in [0.05, 0.1) is 0 Å². The smallest absolute Gasteiger partial charge is 0.406 e. The van der Waals surface area contributed by atoms with Crippen molar-refractivity contribution in [2.24, 2.45) is 0 Å². The number of carbonyl (C=O) groups is 2. The molecule has 1 aromatic carbocycles. The third kappa shape index (κ3) is 5.44. The predicted molar refractivity (Wildman–Crippen MR) is 102 cm³/mol. The molecule has 0 radical (unpaired) electrons. The van der Waals surface area contributed by atoms with Gasteiger partial charge in [0, 0.05) is 29.5 Å². The van der Waals surface area contributed by atoms with Gasteiger partial charge in [0.25, 0.3) is 5.91 Å². The van der Waals surface area contributed by atoms with E-state index in [9.17, 15) is 22.8 Å². The fraction of sp³-hybridized carbons (Fsp3) is 0.111. The zero-order valence-corrected chi connectivity index (χ0v) is 16.0. The summed E-state index contributed by atoms with van der Waals surface area (Å²) < 4.78 is 45.2. The van der Waals surface area contributed by atoms with E-state index in [1.54, 1.807) is 5.38 Å². The van der Waals surface area contributed by atoms with E-state index in [-0.39, 0.29) is 22.8 Å². The van der Waals surface area contributed by atoms with Crippen molar-refractivity contribution in [3.63, 3.8) is 0 Å². The molecule has 3 aromatic rings. The highest BCUT2D eigenvalue weighted by Gasteiger charge is 2.31. The summed E-state index contributed by atoms with van der Waals surface area (Å²) in [6.07, 6.45) is -0.893. The number of carbonyl (C=O) groups excluding carboxylic acids is 2. The maximum atomic E-state index is 12.4. The number of anilines is 2. The van der Waals surface area contributed by atoms with E-state index in [4.69, 9.17) is 4.52 Å². The summed E-state index contributed by atoms with van der Waals surface area (Å²) in [7, 11) is 0. The summed E-state index contributed by atoms with van der Waals surface area (Å²) >= 11 is 1.21. The maximum absolute atomic E-state index is 12.4. The zero-order valence-electron chi connectivity index (χ0n) is 15.2. The second-order valence-electron chi connectivity index (χ2n) is 5.67. The van der Waals surface area contributed by atoms with Crippen LogP contribution in [0.5, 0.6) is 5.75 Å². The number of ether oxygens (including phenoxy) is 1. The Morgan fingerprint density at radius 1 is 1.23 bits per heavy atom. The van der Waals surface area contributed by atoms with E-state index in [0.717, 1.165) is 18.2 Å². The van der Waals surface area contributed by atoms with Crippen molar-refractivity contribution < 1.29 is 32.0 Å². The number of aromatic nitrogens is 2. The molecule has 0 atom stereocenters. The summed E-state index contributed by atoms with van der Waals surface area (Å²) in [4.78, 5) is 28.8. The number of hydrogen-bond acceptors (Lipinski definition) is 8.